The van der Waals surface area contributed by atoms with E-state index in [0.29, 0.717) is 37.2 Å². The van der Waals surface area contributed by atoms with Crippen molar-refractivity contribution in [2.24, 2.45) is 0 Å². The van der Waals surface area contributed by atoms with Crippen molar-refractivity contribution in [2.45, 2.75) is 102 Å². The zero-order valence-electron chi connectivity index (χ0n) is 34.7. The number of benzene rings is 2. The molecule has 8 rings (SSSR count). The smallest absolute Gasteiger partial charge is 0.410 e. The molecular formula is C42H57F3N8O6. The monoisotopic (exact) mass is 826 g/mol. The van der Waals surface area contributed by atoms with Gasteiger partial charge in [-0.15, -0.1) is 0 Å². The van der Waals surface area contributed by atoms with Crippen LogP contribution in [0.2, 0.25) is 0 Å². The molecule has 0 saturated carbocycles. The van der Waals surface area contributed by atoms with E-state index in [1.54, 1.807) is 31.1 Å². The van der Waals surface area contributed by atoms with Crippen LogP contribution in [0.3, 0.4) is 0 Å². The van der Waals surface area contributed by atoms with Gasteiger partial charge in [0.1, 0.15) is 30.5 Å². The predicted molar refractivity (Wildman–Crippen MR) is 217 cm³/mol. The van der Waals surface area contributed by atoms with Crippen LogP contribution in [-0.2, 0) is 9.47 Å². The molecular weight excluding hydrogens is 770 g/mol. The van der Waals surface area contributed by atoms with Crippen molar-refractivity contribution in [3.05, 3.63) is 69.0 Å². The van der Waals surface area contributed by atoms with Crippen molar-refractivity contribution < 1.29 is 32.2 Å². The van der Waals surface area contributed by atoms with Gasteiger partial charge in [0.25, 0.3) is 0 Å². The Balaban J connectivity index is 0.000000179. The summed E-state index contributed by atoms with van der Waals surface area (Å²) in [5.74, 6) is -0.723. The minimum absolute atomic E-state index is 0.0496. The first kappa shape index (κ1) is 42.4. The van der Waals surface area contributed by atoms with E-state index in [1.165, 1.54) is 24.3 Å². The Kier molecular flexibility index (Phi) is 12.0. The molecule has 2 aromatic carbocycles. The Bertz CT molecular complexity index is 2270. The van der Waals surface area contributed by atoms with E-state index in [-0.39, 0.29) is 58.9 Å². The van der Waals surface area contributed by atoms with E-state index in [4.69, 9.17) is 9.47 Å². The Labute approximate surface area is 341 Å². The minimum atomic E-state index is -0.676. The second-order valence-corrected chi connectivity index (χ2v) is 18.0. The van der Waals surface area contributed by atoms with Crippen LogP contribution in [0.5, 0.6) is 0 Å². The number of carbonyl (C=O) groups is 2. The minimum Gasteiger partial charge on any atom is -0.447 e. The third-order valence-electron chi connectivity index (χ3n) is 12.7. The first-order valence-electron chi connectivity index (χ1n) is 20.7. The lowest BCUT2D eigenvalue weighted by molar-refractivity contribution is 0.0221. The van der Waals surface area contributed by atoms with Crippen molar-refractivity contribution in [1.82, 2.24) is 38.7 Å². The highest BCUT2D eigenvalue weighted by Crippen LogP contribution is 2.36. The third-order valence-corrected chi connectivity index (χ3v) is 12.7. The molecule has 14 nitrogen and oxygen atoms in total. The van der Waals surface area contributed by atoms with Crippen LogP contribution in [0.15, 0.2) is 46.0 Å². The quantitative estimate of drug-likeness (QED) is 0.235. The number of likely N-dealkylation sites (tertiary alicyclic amines) is 4. The summed E-state index contributed by atoms with van der Waals surface area (Å²) in [4.78, 5) is 63.2. The van der Waals surface area contributed by atoms with Gasteiger partial charge >= 0.3 is 23.6 Å². The highest BCUT2D eigenvalue weighted by atomic mass is 19.1. The maximum absolute atomic E-state index is 13.5. The number of fused-ring (bicyclic) bond motifs is 2. The molecule has 4 aliphatic heterocycles. The van der Waals surface area contributed by atoms with Gasteiger partial charge in [0.2, 0.25) is 0 Å². The van der Waals surface area contributed by atoms with Gasteiger partial charge in [-0.3, -0.25) is 18.9 Å². The normalized spacial score (nSPS) is 23.9. The Morgan fingerprint density at radius 1 is 0.712 bits per heavy atom. The number of aromatic amines is 2. The van der Waals surface area contributed by atoms with Crippen LogP contribution in [0, 0.1) is 11.6 Å². The van der Waals surface area contributed by atoms with E-state index in [2.05, 4.69) is 33.6 Å². The maximum Gasteiger partial charge on any atom is 0.410 e. The van der Waals surface area contributed by atoms with Crippen molar-refractivity contribution in [3.8, 4) is 0 Å². The average molecular weight is 827 g/mol. The molecule has 2 N–H and O–H groups in total. The summed E-state index contributed by atoms with van der Waals surface area (Å²) in [6.07, 6.45) is 4.30. The second kappa shape index (κ2) is 16.7. The summed E-state index contributed by atoms with van der Waals surface area (Å²) >= 11 is 0. The summed E-state index contributed by atoms with van der Waals surface area (Å²) in [6.45, 7) is 14.9. The van der Waals surface area contributed by atoms with Crippen molar-refractivity contribution in [2.75, 3.05) is 65.6 Å². The molecule has 0 spiro atoms. The predicted octanol–water partition coefficient (Wildman–Crippen LogP) is 6.18. The standard InChI is InChI=1S/C22H31FN4O3.C20H26F2N4O3/c1-21(2,3)30-20(29)25-12-9-22(4,14-25)26-10-7-16(8-11-26)27-18-6-5-15(23)13-17(18)24-19(27)28;1-20(6-10-24(13-20)19(28)29-11-7-21)25-8-4-15(5-9-25)26-17-3-2-14(22)12-16(17)23-18(26)27/h5-6,13,16H,7-12,14H2,1-4H3,(H,24,28);2-3,12,15H,4-11,13H2,1H3,(H,23,27). The Morgan fingerprint density at radius 3 is 1.54 bits per heavy atom. The highest BCUT2D eigenvalue weighted by molar-refractivity contribution is 5.76. The zero-order chi connectivity index (χ0) is 42.3. The summed E-state index contributed by atoms with van der Waals surface area (Å²) in [7, 11) is 0. The van der Waals surface area contributed by atoms with Crippen LogP contribution in [0.1, 0.15) is 85.2 Å². The first-order chi connectivity index (χ1) is 28.0. The summed E-state index contributed by atoms with van der Waals surface area (Å²) in [6, 6.07) is 8.93. The van der Waals surface area contributed by atoms with E-state index in [0.717, 1.165) is 75.7 Å². The molecule has 4 saturated heterocycles. The van der Waals surface area contributed by atoms with Crippen LogP contribution in [0.25, 0.3) is 22.1 Å². The van der Waals surface area contributed by atoms with Gasteiger partial charge in [-0.2, -0.15) is 0 Å². The molecule has 0 bridgehead atoms. The fourth-order valence-corrected chi connectivity index (χ4v) is 9.52. The summed E-state index contributed by atoms with van der Waals surface area (Å²) in [5, 5.41) is 0. The number of hydrogen-bond acceptors (Lipinski definition) is 8. The topological polar surface area (TPSA) is 141 Å². The molecule has 0 radical (unpaired) electrons. The lowest BCUT2D eigenvalue weighted by atomic mass is 9.94. The summed E-state index contributed by atoms with van der Waals surface area (Å²) in [5.41, 5.74) is 1.40. The molecule has 0 aliphatic carbocycles. The number of aromatic nitrogens is 4. The fourth-order valence-electron chi connectivity index (χ4n) is 9.52. The second-order valence-electron chi connectivity index (χ2n) is 18.0. The van der Waals surface area contributed by atoms with Crippen LogP contribution >= 0.6 is 0 Å². The van der Waals surface area contributed by atoms with Gasteiger partial charge in [0, 0.05) is 75.5 Å². The van der Waals surface area contributed by atoms with E-state index in [9.17, 15) is 32.3 Å². The fraction of sp³-hybridized carbons (Fsp3) is 0.619. The van der Waals surface area contributed by atoms with Crippen molar-refractivity contribution in [3.63, 3.8) is 0 Å². The zero-order valence-corrected chi connectivity index (χ0v) is 34.7. The maximum atomic E-state index is 13.5. The number of hydrogen-bond donors (Lipinski definition) is 2. The van der Waals surface area contributed by atoms with Gasteiger partial charge in [0.15, 0.2) is 0 Å². The van der Waals surface area contributed by atoms with Crippen LogP contribution in [-0.4, -0.2) is 133 Å². The van der Waals surface area contributed by atoms with Gasteiger partial charge in [-0.05, 0) is 110 Å². The molecule has 322 valence electrons. The van der Waals surface area contributed by atoms with Crippen molar-refractivity contribution in [1.29, 1.82) is 0 Å². The highest BCUT2D eigenvalue weighted by Gasteiger charge is 2.44. The third kappa shape index (κ3) is 9.05. The number of imidazole rings is 2. The average Bonchev–Trinajstić information content (AvgIpc) is 3.96. The number of nitrogens with zero attached hydrogens (tertiary/aromatic N) is 6. The van der Waals surface area contributed by atoms with Gasteiger partial charge in [0.05, 0.1) is 22.1 Å². The molecule has 4 aromatic rings. The van der Waals surface area contributed by atoms with Gasteiger partial charge < -0.3 is 29.2 Å². The molecule has 2 amide bonds. The number of halogens is 3. The largest absolute Gasteiger partial charge is 0.447 e. The molecule has 2 unspecified atom stereocenters. The number of ether oxygens (including phenoxy) is 2. The number of nitrogens with one attached hydrogen (secondary N) is 2. The molecule has 17 heteroatoms. The van der Waals surface area contributed by atoms with Crippen molar-refractivity contribution >= 4 is 34.3 Å². The molecule has 6 heterocycles. The Hall–Kier alpha value is -4.77. The van der Waals surface area contributed by atoms with E-state index in [1.807, 2.05) is 20.8 Å². The SMILES string of the molecule is CC(C)(C)OC(=O)N1CCC(C)(N2CCC(n3c(=O)[nH]c4cc(F)ccc43)CC2)C1.CC1(N2CCC(n3c(=O)[nH]c4cc(F)ccc43)CC2)CCN(C(=O)OCCF)C1. The van der Waals surface area contributed by atoms with Gasteiger partial charge in [-0.1, -0.05) is 0 Å². The summed E-state index contributed by atoms with van der Waals surface area (Å²) < 4.78 is 53.1. The molecule has 59 heavy (non-hydrogen) atoms. The van der Waals surface area contributed by atoms with Crippen LogP contribution < -0.4 is 11.4 Å². The molecule has 4 fully saturated rings. The number of amides is 2. The number of rotatable bonds is 6. The molecule has 2 aromatic heterocycles. The Morgan fingerprint density at radius 2 is 1.14 bits per heavy atom. The molecule has 2 atom stereocenters. The number of carbonyl (C=O) groups excluding carboxylic acids is 2. The van der Waals surface area contributed by atoms with Gasteiger partial charge in [-0.25, -0.2) is 32.3 Å². The number of H-pyrrole nitrogens is 2. The van der Waals surface area contributed by atoms with E-state index < -0.39 is 18.4 Å². The number of piperidine rings is 2. The lowest BCUT2D eigenvalue weighted by Gasteiger charge is -2.43. The van der Waals surface area contributed by atoms with E-state index >= 15 is 0 Å². The van der Waals surface area contributed by atoms with Crippen LogP contribution in [0.4, 0.5) is 22.8 Å². The molecule has 4 aliphatic rings. The number of alkyl halides is 1. The lowest BCUT2D eigenvalue weighted by Crippen LogP contribution is -2.52. The first-order valence-corrected chi connectivity index (χ1v) is 20.7.